The quantitative estimate of drug-likeness (QED) is 0.730. The Morgan fingerprint density at radius 3 is 2.08 bits per heavy atom. The number of amides is 1. The van der Waals surface area contributed by atoms with E-state index in [-0.39, 0.29) is 23.5 Å². The van der Waals surface area contributed by atoms with Crippen molar-refractivity contribution < 1.29 is 19.8 Å². The zero-order valence-corrected chi connectivity index (χ0v) is 15.0. The molecule has 0 spiro atoms. The molecular weight excluding hydrogens is 330 g/mol. The predicted octanol–water partition coefficient (Wildman–Crippen LogP) is 3.11. The van der Waals surface area contributed by atoms with Crippen LogP contribution in [-0.2, 0) is 16.0 Å². The van der Waals surface area contributed by atoms with Gasteiger partial charge in [-0.25, -0.2) is 4.79 Å². The molecule has 0 aliphatic heterocycles. The first-order chi connectivity index (χ1) is 12.4. The Morgan fingerprint density at radius 1 is 1.04 bits per heavy atom. The number of rotatable bonds is 6. The summed E-state index contributed by atoms with van der Waals surface area (Å²) in [4.78, 5) is 24.3. The van der Waals surface area contributed by atoms with E-state index in [2.05, 4.69) is 5.32 Å². The van der Waals surface area contributed by atoms with E-state index in [1.54, 1.807) is 12.1 Å². The van der Waals surface area contributed by atoms with Crippen molar-refractivity contribution in [2.75, 3.05) is 0 Å². The number of carbonyl (C=O) groups excluding carboxylic acids is 1. The van der Waals surface area contributed by atoms with Crippen LogP contribution in [0.1, 0.15) is 50.5 Å². The molecule has 4 fully saturated rings. The highest BCUT2D eigenvalue weighted by Gasteiger charge is 2.51. The van der Waals surface area contributed by atoms with E-state index >= 15 is 0 Å². The van der Waals surface area contributed by atoms with Crippen LogP contribution in [0.2, 0.25) is 0 Å². The van der Waals surface area contributed by atoms with E-state index in [9.17, 15) is 19.8 Å². The molecule has 4 aliphatic rings. The van der Waals surface area contributed by atoms with Crippen molar-refractivity contribution in [1.82, 2.24) is 5.32 Å². The lowest BCUT2D eigenvalue weighted by Crippen LogP contribution is -2.50. The highest BCUT2D eigenvalue weighted by atomic mass is 16.4. The smallest absolute Gasteiger partial charge is 0.326 e. The van der Waals surface area contributed by atoms with Crippen molar-refractivity contribution in [3.63, 3.8) is 0 Å². The molecule has 5 nitrogen and oxygen atoms in total. The number of phenolic OH excluding ortho intramolecular Hbond substituents is 1. The van der Waals surface area contributed by atoms with Crippen molar-refractivity contribution >= 4 is 11.9 Å². The largest absolute Gasteiger partial charge is 0.508 e. The van der Waals surface area contributed by atoms with Gasteiger partial charge in [0.1, 0.15) is 11.8 Å². The fourth-order valence-corrected chi connectivity index (χ4v) is 6.16. The molecule has 1 amide bonds. The van der Waals surface area contributed by atoms with E-state index in [4.69, 9.17) is 0 Å². The van der Waals surface area contributed by atoms with Gasteiger partial charge in [-0.1, -0.05) is 12.1 Å². The number of carboxylic acid groups (broad SMARTS) is 1. The van der Waals surface area contributed by atoms with Gasteiger partial charge in [0.25, 0.3) is 0 Å². The molecule has 5 rings (SSSR count). The van der Waals surface area contributed by atoms with Gasteiger partial charge in [-0.2, -0.15) is 0 Å². The second-order valence-corrected chi connectivity index (χ2v) is 8.92. The molecule has 1 unspecified atom stereocenters. The molecule has 1 aromatic carbocycles. The average molecular weight is 357 g/mol. The molecule has 1 atom stereocenters. The molecule has 4 saturated carbocycles. The summed E-state index contributed by atoms with van der Waals surface area (Å²) in [5.74, 6) is 1.34. The SMILES string of the molecule is O=C(CC12CC3CC(CC(C3)C1)C2)NC(Cc1ccc(O)cc1)C(=O)O. The summed E-state index contributed by atoms with van der Waals surface area (Å²) in [6, 6.07) is 5.52. The number of hydrogen-bond acceptors (Lipinski definition) is 3. The first-order valence-corrected chi connectivity index (χ1v) is 9.71. The first-order valence-electron chi connectivity index (χ1n) is 9.71. The molecule has 4 aliphatic carbocycles. The topological polar surface area (TPSA) is 86.6 Å². The van der Waals surface area contributed by atoms with Gasteiger partial charge >= 0.3 is 5.97 Å². The lowest BCUT2D eigenvalue weighted by molar-refractivity contribution is -0.143. The molecule has 0 radical (unpaired) electrons. The molecule has 5 heteroatoms. The molecule has 0 aromatic heterocycles. The highest BCUT2D eigenvalue weighted by Crippen LogP contribution is 2.61. The van der Waals surface area contributed by atoms with Crippen LogP contribution in [0, 0.1) is 23.2 Å². The van der Waals surface area contributed by atoms with Crippen LogP contribution >= 0.6 is 0 Å². The van der Waals surface area contributed by atoms with Crippen LogP contribution in [-0.4, -0.2) is 28.1 Å². The summed E-state index contributed by atoms with van der Waals surface area (Å²) in [5, 5.41) is 21.6. The summed E-state index contributed by atoms with van der Waals surface area (Å²) in [5.41, 5.74) is 0.894. The third-order valence-corrected chi connectivity index (χ3v) is 6.71. The molecule has 26 heavy (non-hydrogen) atoms. The molecule has 1 aromatic rings. The highest BCUT2D eigenvalue weighted by molar-refractivity contribution is 5.84. The molecule has 0 saturated heterocycles. The molecule has 0 heterocycles. The molecular formula is C21H27NO4. The molecule has 3 N–H and O–H groups in total. The molecule has 4 bridgehead atoms. The fraction of sp³-hybridized carbons (Fsp3) is 0.619. The lowest BCUT2D eigenvalue weighted by atomic mass is 9.49. The van der Waals surface area contributed by atoms with E-state index in [0.29, 0.717) is 6.42 Å². The van der Waals surface area contributed by atoms with Gasteiger partial charge < -0.3 is 15.5 Å². The van der Waals surface area contributed by atoms with E-state index in [0.717, 1.165) is 42.6 Å². The van der Waals surface area contributed by atoms with Gasteiger partial charge in [0.15, 0.2) is 0 Å². The zero-order valence-electron chi connectivity index (χ0n) is 15.0. The molecule has 140 valence electrons. The van der Waals surface area contributed by atoms with Gasteiger partial charge in [0, 0.05) is 12.8 Å². The standard InChI is InChI=1S/C21H27NO4/c23-17-3-1-13(2-4-17)8-18(20(25)26)22-19(24)12-21-9-14-5-15(10-21)7-16(6-14)11-21/h1-4,14-16,18,23H,5-12H2,(H,22,24)(H,25,26). The van der Waals surface area contributed by atoms with Crippen molar-refractivity contribution in [3.05, 3.63) is 29.8 Å². The van der Waals surface area contributed by atoms with E-state index < -0.39 is 12.0 Å². The fourth-order valence-electron chi connectivity index (χ4n) is 6.16. The van der Waals surface area contributed by atoms with Crippen molar-refractivity contribution in [2.45, 2.75) is 57.4 Å². The number of hydrogen-bond donors (Lipinski definition) is 3. The maximum Gasteiger partial charge on any atom is 0.326 e. The number of phenols is 1. The Hall–Kier alpha value is -2.04. The number of benzene rings is 1. The first kappa shape index (κ1) is 17.4. The summed E-state index contributed by atoms with van der Waals surface area (Å²) in [7, 11) is 0. The van der Waals surface area contributed by atoms with Crippen LogP contribution in [0.25, 0.3) is 0 Å². The number of aliphatic carboxylic acids is 1. The normalized spacial score (nSPS) is 33.0. The zero-order chi connectivity index (χ0) is 18.3. The monoisotopic (exact) mass is 357 g/mol. The minimum Gasteiger partial charge on any atom is -0.508 e. The van der Waals surface area contributed by atoms with Crippen molar-refractivity contribution in [2.24, 2.45) is 23.2 Å². The number of carboxylic acids is 1. The third-order valence-electron chi connectivity index (χ3n) is 6.71. The lowest BCUT2D eigenvalue weighted by Gasteiger charge is -2.56. The maximum atomic E-state index is 12.7. The van der Waals surface area contributed by atoms with Crippen molar-refractivity contribution in [1.29, 1.82) is 0 Å². The summed E-state index contributed by atoms with van der Waals surface area (Å²) < 4.78 is 0. The minimum atomic E-state index is -1.02. The van der Waals surface area contributed by atoms with Gasteiger partial charge in [0.05, 0.1) is 0 Å². The van der Waals surface area contributed by atoms with Gasteiger partial charge in [0.2, 0.25) is 5.91 Å². The van der Waals surface area contributed by atoms with E-state index in [1.807, 2.05) is 0 Å². The summed E-state index contributed by atoms with van der Waals surface area (Å²) in [6.07, 6.45) is 8.11. The second kappa shape index (κ2) is 6.60. The van der Waals surface area contributed by atoms with Gasteiger partial charge in [-0.05, 0) is 79.4 Å². The number of carbonyl (C=O) groups is 2. The third kappa shape index (κ3) is 3.57. The van der Waals surface area contributed by atoms with Crippen LogP contribution in [0.3, 0.4) is 0 Å². The Labute approximate surface area is 153 Å². The van der Waals surface area contributed by atoms with Crippen LogP contribution in [0.4, 0.5) is 0 Å². The predicted molar refractivity (Wildman–Crippen MR) is 96.6 cm³/mol. The van der Waals surface area contributed by atoms with Gasteiger partial charge in [-0.15, -0.1) is 0 Å². The Balaban J connectivity index is 1.39. The van der Waals surface area contributed by atoms with Crippen LogP contribution in [0.5, 0.6) is 5.75 Å². The summed E-state index contributed by atoms with van der Waals surface area (Å²) in [6.45, 7) is 0. The Morgan fingerprint density at radius 2 is 1.58 bits per heavy atom. The average Bonchev–Trinajstić information content (AvgIpc) is 2.54. The number of aromatic hydroxyl groups is 1. The summed E-state index contributed by atoms with van der Waals surface area (Å²) >= 11 is 0. The Bertz CT molecular complexity index is 661. The van der Waals surface area contributed by atoms with Gasteiger partial charge in [-0.3, -0.25) is 4.79 Å². The van der Waals surface area contributed by atoms with Crippen LogP contribution < -0.4 is 5.32 Å². The minimum absolute atomic E-state index is 0.112. The van der Waals surface area contributed by atoms with Crippen LogP contribution in [0.15, 0.2) is 24.3 Å². The van der Waals surface area contributed by atoms with Crippen molar-refractivity contribution in [3.8, 4) is 5.75 Å². The maximum absolute atomic E-state index is 12.7. The second-order valence-electron chi connectivity index (χ2n) is 8.92. The van der Waals surface area contributed by atoms with E-state index in [1.165, 1.54) is 31.4 Å². The Kier molecular flexibility index (Phi) is 4.41. The number of nitrogens with one attached hydrogen (secondary N) is 1.